The van der Waals surface area contributed by atoms with Gasteiger partial charge in [0.15, 0.2) is 0 Å². The fourth-order valence-electron chi connectivity index (χ4n) is 0.732. The molecule has 1 rings (SSSR count). The fraction of sp³-hybridized carbons (Fsp3) is 0.143. The first-order valence-corrected chi connectivity index (χ1v) is 4.15. The maximum absolute atomic E-state index is 13.0. The highest BCUT2D eigenvalue weighted by molar-refractivity contribution is 9.10. The molecule has 0 aromatic carbocycles. The van der Waals surface area contributed by atoms with Crippen LogP contribution in [-0.4, -0.2) is 16.2 Å². The third kappa shape index (κ3) is 2.98. The van der Waals surface area contributed by atoms with Crippen LogP contribution in [0.4, 0.5) is 9.18 Å². The van der Waals surface area contributed by atoms with Crippen molar-refractivity contribution in [1.29, 1.82) is 0 Å². The van der Waals surface area contributed by atoms with Crippen molar-refractivity contribution >= 4 is 22.0 Å². The predicted octanol–water partition coefficient (Wildman–Crippen LogP) is 1.75. The van der Waals surface area contributed by atoms with E-state index in [9.17, 15) is 9.18 Å². The van der Waals surface area contributed by atoms with Gasteiger partial charge in [0.2, 0.25) is 0 Å². The van der Waals surface area contributed by atoms with Crippen LogP contribution in [-0.2, 0) is 6.54 Å². The minimum atomic E-state index is -1.20. The first-order chi connectivity index (χ1) is 6.09. The van der Waals surface area contributed by atoms with Crippen molar-refractivity contribution in [3.63, 3.8) is 0 Å². The van der Waals surface area contributed by atoms with Gasteiger partial charge < -0.3 is 10.4 Å². The summed E-state index contributed by atoms with van der Waals surface area (Å²) in [7, 11) is 0. The summed E-state index contributed by atoms with van der Waals surface area (Å²) in [6.45, 7) is -0.131. The van der Waals surface area contributed by atoms with Crippen LogP contribution in [0.3, 0.4) is 0 Å². The molecule has 0 spiro atoms. The molecule has 6 heteroatoms. The molecule has 13 heavy (non-hydrogen) atoms. The van der Waals surface area contributed by atoms with Gasteiger partial charge in [-0.2, -0.15) is 0 Å². The molecule has 1 amide bonds. The second kappa shape index (κ2) is 4.18. The summed E-state index contributed by atoms with van der Waals surface area (Å²) in [5.74, 6) is -0.539. The number of halogens is 2. The average Bonchev–Trinajstić information content (AvgIpc) is 2.02. The molecule has 4 nitrogen and oxygen atoms in total. The van der Waals surface area contributed by atoms with E-state index in [-0.39, 0.29) is 12.2 Å². The first-order valence-electron chi connectivity index (χ1n) is 3.36. The lowest BCUT2D eigenvalue weighted by Crippen LogP contribution is -2.21. The highest BCUT2D eigenvalue weighted by atomic mass is 79.9. The molecule has 0 aliphatic carbocycles. The number of pyridine rings is 1. The van der Waals surface area contributed by atoms with Crippen molar-refractivity contribution in [2.75, 3.05) is 0 Å². The molecule has 0 atom stereocenters. The maximum Gasteiger partial charge on any atom is 0.404 e. The molecule has 0 saturated carbocycles. The smallest absolute Gasteiger partial charge is 0.404 e. The van der Waals surface area contributed by atoms with Gasteiger partial charge in [-0.25, -0.2) is 9.18 Å². The minimum absolute atomic E-state index is 0.0746. The number of hydrogen-bond donors (Lipinski definition) is 2. The van der Waals surface area contributed by atoms with Gasteiger partial charge in [-0.3, -0.25) is 4.98 Å². The zero-order valence-corrected chi connectivity index (χ0v) is 8.01. The van der Waals surface area contributed by atoms with E-state index in [4.69, 9.17) is 5.11 Å². The van der Waals surface area contributed by atoms with Crippen molar-refractivity contribution in [2.45, 2.75) is 6.54 Å². The number of aromatic nitrogens is 1. The number of nitrogens with one attached hydrogen (secondary N) is 1. The van der Waals surface area contributed by atoms with E-state index in [1.54, 1.807) is 0 Å². The third-order valence-corrected chi connectivity index (χ3v) is 1.72. The van der Waals surface area contributed by atoms with E-state index in [1.165, 1.54) is 12.3 Å². The number of carboxylic acid groups (broad SMARTS) is 1. The van der Waals surface area contributed by atoms with Crippen LogP contribution >= 0.6 is 15.9 Å². The van der Waals surface area contributed by atoms with Crippen molar-refractivity contribution < 1.29 is 14.3 Å². The van der Waals surface area contributed by atoms with E-state index in [2.05, 4.69) is 20.9 Å². The van der Waals surface area contributed by atoms with E-state index in [0.29, 0.717) is 4.47 Å². The van der Waals surface area contributed by atoms with Gasteiger partial charge in [-0.15, -0.1) is 0 Å². The van der Waals surface area contributed by atoms with Crippen LogP contribution in [0.15, 0.2) is 16.7 Å². The Hall–Kier alpha value is -1.17. The molecular formula is C7H6BrFN2O2. The standard InChI is InChI=1S/C7H6BrFN2O2/c8-4-1-5(9)6(10-2-4)3-11-7(12)13/h1-2,11H,3H2,(H,12,13). The summed E-state index contributed by atoms with van der Waals surface area (Å²) < 4.78 is 13.5. The number of hydrogen-bond acceptors (Lipinski definition) is 2. The lowest BCUT2D eigenvalue weighted by molar-refractivity contribution is 0.193. The van der Waals surface area contributed by atoms with Gasteiger partial charge >= 0.3 is 6.09 Å². The van der Waals surface area contributed by atoms with Gasteiger partial charge in [0.05, 0.1) is 12.2 Å². The van der Waals surface area contributed by atoms with Crippen molar-refractivity contribution in [2.24, 2.45) is 0 Å². The lowest BCUT2D eigenvalue weighted by Gasteiger charge is -2.01. The number of nitrogens with zero attached hydrogens (tertiary/aromatic N) is 1. The Morgan fingerprint density at radius 2 is 2.46 bits per heavy atom. The largest absolute Gasteiger partial charge is 0.465 e. The Kier molecular flexibility index (Phi) is 3.18. The normalized spacial score (nSPS) is 9.69. The van der Waals surface area contributed by atoms with Gasteiger partial charge in [0, 0.05) is 10.7 Å². The molecule has 0 aliphatic heterocycles. The van der Waals surface area contributed by atoms with E-state index in [1.807, 2.05) is 5.32 Å². The Bertz CT molecular complexity index is 332. The lowest BCUT2D eigenvalue weighted by atomic mass is 10.3. The highest BCUT2D eigenvalue weighted by Crippen LogP contribution is 2.11. The van der Waals surface area contributed by atoms with Gasteiger partial charge in [0.25, 0.3) is 0 Å². The molecule has 0 aliphatic rings. The van der Waals surface area contributed by atoms with Crippen LogP contribution < -0.4 is 5.32 Å². The second-order valence-electron chi connectivity index (χ2n) is 2.24. The van der Waals surface area contributed by atoms with Crippen LogP contribution in [0.25, 0.3) is 0 Å². The van der Waals surface area contributed by atoms with Crippen molar-refractivity contribution in [1.82, 2.24) is 10.3 Å². The van der Waals surface area contributed by atoms with Crippen molar-refractivity contribution in [3.05, 3.63) is 28.2 Å². The monoisotopic (exact) mass is 248 g/mol. The summed E-state index contributed by atoms with van der Waals surface area (Å²) in [5, 5.41) is 10.3. The zero-order valence-electron chi connectivity index (χ0n) is 6.42. The van der Waals surface area contributed by atoms with Crippen LogP contribution in [0, 0.1) is 5.82 Å². The van der Waals surface area contributed by atoms with Crippen LogP contribution in [0.2, 0.25) is 0 Å². The topological polar surface area (TPSA) is 62.2 Å². The Labute approximate surface area is 81.9 Å². The number of amides is 1. The minimum Gasteiger partial charge on any atom is -0.465 e. The molecule has 1 aromatic heterocycles. The van der Waals surface area contributed by atoms with E-state index in [0.717, 1.165) is 0 Å². The molecule has 0 fully saturated rings. The van der Waals surface area contributed by atoms with Gasteiger partial charge in [-0.05, 0) is 22.0 Å². The molecule has 2 N–H and O–H groups in total. The Balaban J connectivity index is 2.72. The quantitative estimate of drug-likeness (QED) is 0.839. The van der Waals surface area contributed by atoms with E-state index < -0.39 is 11.9 Å². The van der Waals surface area contributed by atoms with Crippen molar-refractivity contribution in [3.8, 4) is 0 Å². The fourth-order valence-corrected chi connectivity index (χ4v) is 1.04. The molecular weight excluding hydrogens is 243 g/mol. The zero-order chi connectivity index (χ0) is 9.84. The molecule has 1 heterocycles. The molecule has 0 saturated heterocycles. The summed E-state index contributed by atoms with van der Waals surface area (Å²) in [4.78, 5) is 13.8. The Morgan fingerprint density at radius 1 is 1.77 bits per heavy atom. The van der Waals surface area contributed by atoms with Crippen LogP contribution in [0.1, 0.15) is 5.69 Å². The summed E-state index contributed by atoms with van der Waals surface area (Å²) in [6, 6.07) is 1.23. The molecule has 70 valence electrons. The van der Waals surface area contributed by atoms with Crippen LogP contribution in [0.5, 0.6) is 0 Å². The van der Waals surface area contributed by atoms with Gasteiger partial charge in [-0.1, -0.05) is 0 Å². The molecule has 0 radical (unpaired) electrons. The maximum atomic E-state index is 13.0. The number of carbonyl (C=O) groups is 1. The van der Waals surface area contributed by atoms with Gasteiger partial charge in [0.1, 0.15) is 5.82 Å². The highest BCUT2D eigenvalue weighted by Gasteiger charge is 2.05. The molecule has 0 bridgehead atoms. The summed E-state index contributed by atoms with van der Waals surface area (Å²) in [6.07, 6.45) is 0.200. The first kappa shape index (κ1) is 9.91. The number of rotatable bonds is 2. The Morgan fingerprint density at radius 3 is 3.00 bits per heavy atom. The third-order valence-electron chi connectivity index (χ3n) is 1.29. The second-order valence-corrected chi connectivity index (χ2v) is 3.16. The average molecular weight is 249 g/mol. The van der Waals surface area contributed by atoms with E-state index >= 15 is 0 Å². The molecule has 0 unspecified atom stereocenters. The summed E-state index contributed by atoms with van der Waals surface area (Å²) >= 11 is 3.04. The summed E-state index contributed by atoms with van der Waals surface area (Å²) in [5.41, 5.74) is 0.0746. The SMILES string of the molecule is O=C(O)NCc1ncc(Br)cc1F. The predicted molar refractivity (Wildman–Crippen MR) is 46.8 cm³/mol. The molecule has 1 aromatic rings.